The molecule has 2 rings (SSSR count). The maximum absolute atomic E-state index is 6.16. The zero-order chi connectivity index (χ0) is 19.5. The Labute approximate surface area is 165 Å². The number of benzene rings is 2. The van der Waals surface area contributed by atoms with Gasteiger partial charge >= 0.3 is 0 Å². The van der Waals surface area contributed by atoms with Gasteiger partial charge in [-0.25, -0.2) is 0 Å². The fourth-order valence-corrected chi connectivity index (χ4v) is 5.02. The Hall–Kier alpha value is -1.26. The van der Waals surface area contributed by atoms with Crippen molar-refractivity contribution >= 4 is 20.7 Å². The molecule has 0 radical (unpaired) electrons. The van der Waals surface area contributed by atoms with E-state index >= 15 is 0 Å². The standard InChI is InChI=1S/C22H32O2S2/c1-16-8-11-21(20(14-16)23-6)26(7,25)13-12-24-19-15-18(22(3,4)5)10-9-17(19)2/h8-11,14-15,25H,12-13H2,1-7H3. The lowest BCUT2D eigenvalue weighted by molar-refractivity contribution is 0.340. The molecule has 0 aromatic heterocycles. The van der Waals surface area contributed by atoms with E-state index in [9.17, 15) is 0 Å². The Morgan fingerprint density at radius 3 is 2.31 bits per heavy atom. The summed E-state index contributed by atoms with van der Waals surface area (Å²) in [6, 6.07) is 12.8. The molecule has 26 heavy (non-hydrogen) atoms. The summed E-state index contributed by atoms with van der Waals surface area (Å²) in [4.78, 5) is 1.18. The fourth-order valence-electron chi connectivity index (χ4n) is 2.78. The van der Waals surface area contributed by atoms with Crippen LogP contribution in [0, 0.1) is 13.8 Å². The van der Waals surface area contributed by atoms with Gasteiger partial charge in [0, 0.05) is 10.6 Å². The summed E-state index contributed by atoms with van der Waals surface area (Å²) in [5.74, 6) is 2.76. The SMILES string of the molecule is COc1cc(C)ccc1S(C)(S)CCOc1cc(C(C)(C)C)ccc1C. The Balaban J connectivity index is 2.12. The van der Waals surface area contributed by atoms with Gasteiger partial charge in [-0.1, -0.05) is 39.0 Å². The number of ether oxygens (including phenoxy) is 2. The second-order valence-corrected chi connectivity index (χ2v) is 13.3. The van der Waals surface area contributed by atoms with Gasteiger partial charge in [0.15, 0.2) is 0 Å². The Morgan fingerprint density at radius 2 is 1.69 bits per heavy atom. The summed E-state index contributed by atoms with van der Waals surface area (Å²) in [5, 5.41) is 0. The molecule has 0 aliphatic carbocycles. The topological polar surface area (TPSA) is 18.5 Å². The van der Waals surface area contributed by atoms with Gasteiger partial charge in [0.1, 0.15) is 11.5 Å². The second kappa shape index (κ2) is 8.18. The van der Waals surface area contributed by atoms with E-state index < -0.39 is 9.06 Å². The molecule has 4 heteroatoms. The van der Waals surface area contributed by atoms with Gasteiger partial charge in [-0.2, -0.15) is 9.06 Å². The van der Waals surface area contributed by atoms with Crippen LogP contribution in [-0.2, 0) is 5.41 Å². The number of methoxy groups -OCH3 is 1. The van der Waals surface area contributed by atoms with Crippen LogP contribution < -0.4 is 9.47 Å². The van der Waals surface area contributed by atoms with E-state index in [2.05, 4.69) is 77.3 Å². The van der Waals surface area contributed by atoms with Crippen molar-refractivity contribution in [3.63, 3.8) is 0 Å². The summed E-state index contributed by atoms with van der Waals surface area (Å²) in [5.41, 5.74) is 3.77. The molecule has 0 amide bonds. The predicted molar refractivity (Wildman–Crippen MR) is 119 cm³/mol. The van der Waals surface area contributed by atoms with Crippen LogP contribution in [0.2, 0.25) is 0 Å². The van der Waals surface area contributed by atoms with Crippen molar-refractivity contribution in [3.8, 4) is 11.5 Å². The molecule has 144 valence electrons. The average Bonchev–Trinajstić information content (AvgIpc) is 2.55. The molecule has 0 saturated carbocycles. The molecule has 1 unspecified atom stereocenters. The van der Waals surface area contributed by atoms with Crippen LogP contribution in [0.25, 0.3) is 0 Å². The number of rotatable bonds is 6. The van der Waals surface area contributed by atoms with Crippen LogP contribution in [0.3, 0.4) is 0 Å². The van der Waals surface area contributed by atoms with E-state index in [0.29, 0.717) is 6.61 Å². The first-order chi connectivity index (χ1) is 12.0. The van der Waals surface area contributed by atoms with E-state index in [4.69, 9.17) is 21.1 Å². The predicted octanol–water partition coefficient (Wildman–Crippen LogP) is 6.33. The minimum Gasteiger partial charge on any atom is -0.496 e. The van der Waals surface area contributed by atoms with Gasteiger partial charge < -0.3 is 9.47 Å². The Kier molecular flexibility index (Phi) is 6.62. The molecule has 2 aromatic carbocycles. The van der Waals surface area contributed by atoms with Crippen molar-refractivity contribution in [2.45, 2.75) is 44.9 Å². The Bertz CT molecular complexity index is 761. The highest BCUT2D eigenvalue weighted by molar-refractivity contribution is 8.87. The van der Waals surface area contributed by atoms with Crippen molar-refractivity contribution in [2.24, 2.45) is 0 Å². The molecule has 2 aromatic rings. The molecule has 1 atom stereocenters. The van der Waals surface area contributed by atoms with Gasteiger partial charge in [-0.15, -0.1) is 11.7 Å². The van der Waals surface area contributed by atoms with Crippen LogP contribution in [0.1, 0.15) is 37.5 Å². The van der Waals surface area contributed by atoms with Crippen molar-refractivity contribution in [1.29, 1.82) is 0 Å². The zero-order valence-corrected chi connectivity index (χ0v) is 18.8. The summed E-state index contributed by atoms with van der Waals surface area (Å²) in [7, 11) is 0.425. The van der Waals surface area contributed by atoms with Crippen LogP contribution in [0.5, 0.6) is 11.5 Å². The maximum Gasteiger partial charge on any atom is 0.131 e. The molecule has 0 N–H and O–H groups in total. The minimum atomic E-state index is -1.30. The largest absolute Gasteiger partial charge is 0.496 e. The van der Waals surface area contributed by atoms with Gasteiger partial charge in [0.25, 0.3) is 0 Å². The van der Waals surface area contributed by atoms with Crippen LogP contribution in [0.15, 0.2) is 41.3 Å². The van der Waals surface area contributed by atoms with Crippen LogP contribution in [-0.4, -0.2) is 25.7 Å². The number of aryl methyl sites for hydroxylation is 2. The summed E-state index contributed by atoms with van der Waals surface area (Å²) in [6.45, 7) is 11.5. The lowest BCUT2D eigenvalue weighted by Gasteiger charge is -2.32. The van der Waals surface area contributed by atoms with Crippen molar-refractivity contribution < 1.29 is 9.47 Å². The highest BCUT2D eigenvalue weighted by Gasteiger charge is 2.21. The van der Waals surface area contributed by atoms with Crippen molar-refractivity contribution in [1.82, 2.24) is 0 Å². The van der Waals surface area contributed by atoms with Gasteiger partial charge in [-0.05, 0) is 60.4 Å². The highest BCUT2D eigenvalue weighted by atomic mass is 33.1. The normalized spacial score (nSPS) is 15.2. The zero-order valence-electron chi connectivity index (χ0n) is 17.1. The minimum absolute atomic E-state index is 0.115. The molecular weight excluding hydrogens is 360 g/mol. The lowest BCUT2D eigenvalue weighted by Crippen LogP contribution is -2.13. The summed E-state index contributed by atoms with van der Waals surface area (Å²) >= 11 is 5.00. The molecule has 0 aliphatic rings. The first kappa shape index (κ1) is 21.0. The maximum atomic E-state index is 6.16. The van der Waals surface area contributed by atoms with E-state index in [0.717, 1.165) is 17.3 Å². The third kappa shape index (κ3) is 5.14. The van der Waals surface area contributed by atoms with Gasteiger partial charge in [-0.3, -0.25) is 0 Å². The van der Waals surface area contributed by atoms with Crippen LogP contribution >= 0.6 is 20.7 Å². The molecular formula is C22H32O2S2. The molecule has 0 bridgehead atoms. The molecule has 0 aliphatic heterocycles. The third-order valence-corrected chi connectivity index (χ3v) is 7.97. The number of hydrogen-bond donors (Lipinski definition) is 1. The highest BCUT2D eigenvalue weighted by Crippen LogP contribution is 2.59. The second-order valence-electron chi connectivity index (χ2n) is 7.98. The third-order valence-electron chi connectivity index (χ3n) is 4.59. The monoisotopic (exact) mass is 392 g/mol. The summed E-state index contributed by atoms with van der Waals surface area (Å²) < 4.78 is 11.7. The molecule has 2 nitrogen and oxygen atoms in total. The van der Waals surface area contributed by atoms with Crippen molar-refractivity contribution in [3.05, 3.63) is 53.1 Å². The van der Waals surface area contributed by atoms with Crippen molar-refractivity contribution in [2.75, 3.05) is 25.7 Å². The first-order valence-corrected chi connectivity index (χ1v) is 12.2. The smallest absolute Gasteiger partial charge is 0.131 e. The number of thiol groups is 1. The lowest BCUT2D eigenvalue weighted by atomic mass is 9.86. The molecule has 0 spiro atoms. The summed E-state index contributed by atoms with van der Waals surface area (Å²) in [6.07, 6.45) is 2.20. The van der Waals surface area contributed by atoms with Gasteiger partial charge in [0.05, 0.1) is 13.7 Å². The van der Waals surface area contributed by atoms with E-state index in [1.165, 1.54) is 21.6 Å². The van der Waals surface area contributed by atoms with E-state index in [-0.39, 0.29) is 5.41 Å². The van der Waals surface area contributed by atoms with Gasteiger partial charge in [0.2, 0.25) is 0 Å². The fraction of sp³-hybridized carbons (Fsp3) is 0.455. The molecule has 0 fully saturated rings. The van der Waals surface area contributed by atoms with Crippen LogP contribution in [0.4, 0.5) is 0 Å². The molecule has 0 saturated heterocycles. The molecule has 0 heterocycles. The quantitative estimate of drug-likeness (QED) is 0.457. The number of hydrogen-bond acceptors (Lipinski definition) is 3. The average molecular weight is 393 g/mol. The first-order valence-electron chi connectivity index (χ1n) is 8.91. The Morgan fingerprint density at radius 1 is 1.00 bits per heavy atom. The van der Waals surface area contributed by atoms with E-state index in [1.807, 2.05) is 0 Å². The van der Waals surface area contributed by atoms with E-state index in [1.54, 1.807) is 7.11 Å².